The van der Waals surface area contributed by atoms with Crippen molar-refractivity contribution in [1.82, 2.24) is 0 Å². The third kappa shape index (κ3) is 4.86. The summed E-state index contributed by atoms with van der Waals surface area (Å²) in [4.78, 5) is 4.50. The Morgan fingerprint density at radius 3 is 2.38 bits per heavy atom. The molecule has 0 aromatic carbocycles. The quantitative estimate of drug-likeness (QED) is 0.484. The summed E-state index contributed by atoms with van der Waals surface area (Å²) in [5.74, 6) is 5.62. The van der Waals surface area contributed by atoms with Crippen LogP contribution in [0.3, 0.4) is 0 Å². The molecule has 13 heavy (non-hydrogen) atoms. The molecule has 0 saturated heterocycles. The van der Waals surface area contributed by atoms with Crippen LogP contribution in [0.2, 0.25) is 0 Å². The number of hydrogen-bond donors (Lipinski definition) is 1. The summed E-state index contributed by atoms with van der Waals surface area (Å²) in [6.45, 7) is 0.698. The molecule has 0 unspecified atom stereocenters. The summed E-state index contributed by atoms with van der Waals surface area (Å²) in [5, 5.41) is 0. The summed E-state index contributed by atoms with van der Waals surface area (Å²) in [6.07, 6.45) is 15.0. The maximum absolute atomic E-state index is 4.92. The van der Waals surface area contributed by atoms with Crippen molar-refractivity contribution in [2.75, 3.05) is 6.61 Å². The van der Waals surface area contributed by atoms with E-state index < -0.39 is 0 Å². The van der Waals surface area contributed by atoms with Gasteiger partial charge in [0.15, 0.2) is 0 Å². The fourth-order valence-electron chi connectivity index (χ4n) is 1.59. The molecule has 2 nitrogen and oxygen atoms in total. The van der Waals surface area contributed by atoms with Gasteiger partial charge in [-0.2, -0.15) is 0 Å². The summed E-state index contributed by atoms with van der Waals surface area (Å²) >= 11 is 0. The van der Waals surface area contributed by atoms with E-state index in [0.717, 1.165) is 6.42 Å². The van der Waals surface area contributed by atoms with E-state index in [-0.39, 0.29) is 0 Å². The fourth-order valence-corrected chi connectivity index (χ4v) is 1.59. The fraction of sp³-hybridized carbons (Fsp3) is 0.636. The van der Waals surface area contributed by atoms with E-state index in [2.05, 4.69) is 29.1 Å². The predicted molar refractivity (Wildman–Crippen MR) is 55.0 cm³/mol. The molecule has 1 aliphatic carbocycles. The Bertz CT molecular complexity index is 163. The Balaban J connectivity index is 1.84. The molecular weight excluding hydrogens is 162 g/mol. The van der Waals surface area contributed by atoms with Crippen LogP contribution in [-0.2, 0) is 4.84 Å². The lowest BCUT2D eigenvalue weighted by Crippen LogP contribution is -2.00. The number of nitrogens with two attached hydrogens (primary N) is 1. The topological polar surface area (TPSA) is 35.2 Å². The first-order valence-corrected chi connectivity index (χ1v) is 5.10. The Morgan fingerprint density at radius 1 is 1.00 bits per heavy atom. The minimum Gasteiger partial charge on any atom is -0.305 e. The van der Waals surface area contributed by atoms with Crippen molar-refractivity contribution in [2.24, 2.45) is 11.8 Å². The van der Waals surface area contributed by atoms with Crippen LogP contribution in [0, 0.1) is 5.92 Å². The Kier molecular flexibility index (Phi) is 5.54. The predicted octanol–water partition coefficient (Wildman–Crippen LogP) is 2.57. The lowest BCUT2D eigenvalue weighted by atomic mass is 10.0. The van der Waals surface area contributed by atoms with E-state index in [4.69, 9.17) is 5.90 Å². The third-order valence-corrected chi connectivity index (χ3v) is 2.38. The zero-order chi connectivity index (χ0) is 9.36. The van der Waals surface area contributed by atoms with Crippen LogP contribution in [0.5, 0.6) is 0 Å². The molecule has 0 bridgehead atoms. The van der Waals surface area contributed by atoms with Gasteiger partial charge in [0.05, 0.1) is 6.61 Å². The van der Waals surface area contributed by atoms with E-state index in [0.29, 0.717) is 12.5 Å². The van der Waals surface area contributed by atoms with Crippen LogP contribution in [0.4, 0.5) is 0 Å². The molecule has 2 N–H and O–H groups in total. The molecule has 0 heterocycles. The Labute approximate surface area is 80.4 Å². The van der Waals surface area contributed by atoms with Crippen molar-refractivity contribution in [1.29, 1.82) is 0 Å². The van der Waals surface area contributed by atoms with Crippen LogP contribution >= 0.6 is 0 Å². The maximum atomic E-state index is 4.92. The molecule has 0 radical (unpaired) electrons. The van der Waals surface area contributed by atoms with Gasteiger partial charge in [0.25, 0.3) is 0 Å². The van der Waals surface area contributed by atoms with Gasteiger partial charge in [0.2, 0.25) is 0 Å². The molecule has 0 spiro atoms. The van der Waals surface area contributed by atoms with Crippen molar-refractivity contribution in [3.05, 3.63) is 24.3 Å². The highest BCUT2D eigenvalue weighted by Crippen LogP contribution is 2.17. The van der Waals surface area contributed by atoms with Gasteiger partial charge < -0.3 is 4.84 Å². The van der Waals surface area contributed by atoms with Gasteiger partial charge in [-0.25, -0.2) is 5.90 Å². The number of allylic oxidation sites excluding steroid dienone is 4. The minimum atomic E-state index is 0.698. The molecule has 0 aromatic heterocycles. The number of hydrogen-bond acceptors (Lipinski definition) is 2. The molecule has 0 aliphatic heterocycles. The van der Waals surface area contributed by atoms with Crippen LogP contribution in [0.25, 0.3) is 0 Å². The van der Waals surface area contributed by atoms with Crippen molar-refractivity contribution in [2.45, 2.75) is 32.1 Å². The van der Waals surface area contributed by atoms with Crippen LogP contribution in [0.15, 0.2) is 24.3 Å². The number of rotatable bonds is 7. The Hall–Kier alpha value is -0.600. The average Bonchev–Trinajstić information content (AvgIpc) is 2.63. The van der Waals surface area contributed by atoms with Gasteiger partial charge >= 0.3 is 0 Å². The lowest BCUT2D eigenvalue weighted by molar-refractivity contribution is 0.133. The van der Waals surface area contributed by atoms with E-state index in [1.807, 2.05) is 0 Å². The van der Waals surface area contributed by atoms with E-state index in [1.54, 1.807) is 0 Å². The molecule has 0 aromatic rings. The zero-order valence-corrected chi connectivity index (χ0v) is 8.11. The van der Waals surface area contributed by atoms with E-state index in [9.17, 15) is 0 Å². The van der Waals surface area contributed by atoms with Crippen molar-refractivity contribution in [3.63, 3.8) is 0 Å². The highest BCUT2D eigenvalue weighted by Gasteiger charge is 2.02. The molecule has 0 fully saturated rings. The van der Waals surface area contributed by atoms with Gasteiger partial charge in [-0.15, -0.1) is 0 Å². The van der Waals surface area contributed by atoms with Crippen molar-refractivity contribution >= 4 is 0 Å². The second kappa shape index (κ2) is 6.87. The maximum Gasteiger partial charge on any atom is 0.0679 e. The first-order valence-electron chi connectivity index (χ1n) is 5.10. The highest BCUT2D eigenvalue weighted by atomic mass is 16.6. The highest BCUT2D eigenvalue weighted by molar-refractivity contribution is 5.17. The molecule has 1 rings (SSSR count). The molecule has 0 atom stereocenters. The number of unbranched alkanes of at least 4 members (excludes halogenated alkanes) is 3. The second-order valence-electron chi connectivity index (χ2n) is 3.51. The lowest BCUT2D eigenvalue weighted by Gasteiger charge is -2.04. The van der Waals surface area contributed by atoms with Crippen molar-refractivity contribution in [3.8, 4) is 0 Å². The molecule has 1 aliphatic rings. The van der Waals surface area contributed by atoms with E-state index in [1.165, 1.54) is 25.7 Å². The van der Waals surface area contributed by atoms with Gasteiger partial charge in [0.1, 0.15) is 0 Å². The van der Waals surface area contributed by atoms with Crippen LogP contribution < -0.4 is 5.90 Å². The Morgan fingerprint density at radius 2 is 1.69 bits per heavy atom. The summed E-state index contributed by atoms with van der Waals surface area (Å²) in [7, 11) is 0. The normalized spacial score (nSPS) is 15.8. The van der Waals surface area contributed by atoms with Crippen LogP contribution in [-0.4, -0.2) is 6.61 Å². The monoisotopic (exact) mass is 181 g/mol. The first-order chi connectivity index (χ1) is 6.43. The smallest absolute Gasteiger partial charge is 0.0679 e. The summed E-state index contributed by atoms with van der Waals surface area (Å²) in [6, 6.07) is 0. The van der Waals surface area contributed by atoms with Gasteiger partial charge in [0, 0.05) is 0 Å². The summed E-state index contributed by atoms with van der Waals surface area (Å²) < 4.78 is 0. The average molecular weight is 181 g/mol. The van der Waals surface area contributed by atoms with Gasteiger partial charge in [-0.1, -0.05) is 43.6 Å². The van der Waals surface area contributed by atoms with Crippen LogP contribution in [0.1, 0.15) is 32.1 Å². The molecular formula is C11H19NO. The standard InChI is InChI=1S/C11H19NO/c12-13-10-6-2-1-3-7-11-8-4-5-9-11/h4-5,8-9,11H,1-3,6-7,10,12H2. The first kappa shape index (κ1) is 10.5. The largest absolute Gasteiger partial charge is 0.305 e. The van der Waals surface area contributed by atoms with Crippen molar-refractivity contribution < 1.29 is 4.84 Å². The molecule has 2 heteroatoms. The molecule has 0 amide bonds. The summed E-state index contributed by atoms with van der Waals surface area (Å²) in [5.41, 5.74) is 0. The van der Waals surface area contributed by atoms with Gasteiger partial charge in [-0.3, -0.25) is 0 Å². The van der Waals surface area contributed by atoms with E-state index >= 15 is 0 Å². The van der Waals surface area contributed by atoms with Gasteiger partial charge in [-0.05, 0) is 18.8 Å². The molecule has 74 valence electrons. The molecule has 0 saturated carbocycles. The SMILES string of the molecule is NOCCCCCCC1C=CC=C1. The zero-order valence-electron chi connectivity index (χ0n) is 8.11. The third-order valence-electron chi connectivity index (χ3n) is 2.38. The second-order valence-corrected chi connectivity index (χ2v) is 3.51. The minimum absolute atomic E-state index is 0.698.